The normalized spacial score (nSPS) is 17.9. The van der Waals surface area contributed by atoms with E-state index in [9.17, 15) is 0 Å². The van der Waals surface area contributed by atoms with Gasteiger partial charge < -0.3 is 9.88 Å². The summed E-state index contributed by atoms with van der Waals surface area (Å²) >= 11 is 0. The van der Waals surface area contributed by atoms with Gasteiger partial charge in [0, 0.05) is 18.7 Å². The van der Waals surface area contributed by atoms with Gasteiger partial charge in [-0.1, -0.05) is 18.2 Å². The van der Waals surface area contributed by atoms with Crippen molar-refractivity contribution in [3.05, 3.63) is 41.5 Å². The maximum atomic E-state index is 4.30. The van der Waals surface area contributed by atoms with Crippen LogP contribution < -0.4 is 5.32 Å². The Balaban J connectivity index is 1.94. The summed E-state index contributed by atoms with van der Waals surface area (Å²) in [6.07, 6.45) is 0.994. The van der Waals surface area contributed by atoms with Crippen LogP contribution in [-0.2, 0) is 13.0 Å². The molecular weight excluding hydrogens is 212 g/mol. The SMILES string of the molecule is CCn1c(C)nnc1[C@@H]1Cc2ccccc2N1. The van der Waals surface area contributed by atoms with Crippen molar-refractivity contribution in [3.63, 3.8) is 0 Å². The molecule has 0 saturated heterocycles. The Morgan fingerprint density at radius 3 is 2.94 bits per heavy atom. The van der Waals surface area contributed by atoms with Gasteiger partial charge in [0.25, 0.3) is 0 Å². The number of anilines is 1. The minimum atomic E-state index is 0.258. The van der Waals surface area contributed by atoms with Gasteiger partial charge >= 0.3 is 0 Å². The summed E-state index contributed by atoms with van der Waals surface area (Å²) in [6, 6.07) is 8.69. The average Bonchev–Trinajstić information content (AvgIpc) is 2.91. The quantitative estimate of drug-likeness (QED) is 0.857. The van der Waals surface area contributed by atoms with Crippen LogP contribution in [0, 0.1) is 6.92 Å². The van der Waals surface area contributed by atoms with E-state index in [2.05, 4.69) is 51.3 Å². The number of aryl methyl sites for hydroxylation is 1. The Labute approximate surface area is 101 Å². The number of aromatic nitrogens is 3. The number of nitrogens with zero attached hydrogens (tertiary/aromatic N) is 3. The largest absolute Gasteiger partial charge is 0.375 e. The van der Waals surface area contributed by atoms with Gasteiger partial charge in [-0.2, -0.15) is 0 Å². The first kappa shape index (κ1) is 10.3. The van der Waals surface area contributed by atoms with Crippen LogP contribution in [0.15, 0.2) is 24.3 Å². The van der Waals surface area contributed by atoms with Gasteiger partial charge in [0.2, 0.25) is 0 Å². The Hall–Kier alpha value is -1.84. The molecule has 1 atom stereocenters. The third-order valence-electron chi connectivity index (χ3n) is 3.36. The van der Waals surface area contributed by atoms with Gasteiger partial charge in [-0.3, -0.25) is 0 Å². The van der Waals surface area contributed by atoms with Crippen molar-refractivity contribution in [2.24, 2.45) is 0 Å². The number of benzene rings is 1. The Morgan fingerprint density at radius 1 is 1.35 bits per heavy atom. The zero-order valence-corrected chi connectivity index (χ0v) is 10.1. The standard InChI is InChI=1S/C13H16N4/c1-3-17-9(2)15-16-13(17)12-8-10-6-4-5-7-11(10)14-12/h4-7,12,14H,3,8H2,1-2H3/t12-/m0/s1. The molecule has 2 aromatic rings. The third kappa shape index (κ3) is 1.60. The summed E-state index contributed by atoms with van der Waals surface area (Å²) in [5.41, 5.74) is 2.58. The molecule has 0 spiro atoms. The van der Waals surface area contributed by atoms with Crippen molar-refractivity contribution in [3.8, 4) is 0 Å². The second-order valence-electron chi connectivity index (χ2n) is 4.41. The maximum absolute atomic E-state index is 4.30. The van der Waals surface area contributed by atoms with Crippen molar-refractivity contribution in [1.29, 1.82) is 0 Å². The predicted molar refractivity (Wildman–Crippen MR) is 66.9 cm³/mol. The van der Waals surface area contributed by atoms with Crippen molar-refractivity contribution in [2.75, 3.05) is 5.32 Å². The van der Waals surface area contributed by atoms with Gasteiger partial charge in [0.05, 0.1) is 6.04 Å². The molecule has 0 fully saturated rings. The average molecular weight is 228 g/mol. The van der Waals surface area contributed by atoms with Crippen LogP contribution in [0.5, 0.6) is 0 Å². The Morgan fingerprint density at radius 2 is 2.18 bits per heavy atom. The second kappa shape index (κ2) is 3.87. The monoisotopic (exact) mass is 228 g/mol. The summed E-state index contributed by atoms with van der Waals surface area (Å²) in [6.45, 7) is 5.05. The molecule has 1 aromatic heterocycles. The van der Waals surface area contributed by atoms with E-state index in [-0.39, 0.29) is 6.04 Å². The molecule has 0 aliphatic carbocycles. The molecule has 2 heterocycles. The molecule has 1 aliphatic rings. The number of para-hydroxylation sites is 1. The van der Waals surface area contributed by atoms with Crippen molar-refractivity contribution in [1.82, 2.24) is 14.8 Å². The molecule has 1 aromatic carbocycles. The van der Waals surface area contributed by atoms with E-state index in [0.29, 0.717) is 0 Å². The van der Waals surface area contributed by atoms with E-state index >= 15 is 0 Å². The molecule has 3 rings (SSSR count). The minimum Gasteiger partial charge on any atom is -0.375 e. The van der Waals surface area contributed by atoms with Crippen LogP contribution in [0.2, 0.25) is 0 Å². The highest BCUT2D eigenvalue weighted by molar-refractivity contribution is 5.57. The molecule has 4 heteroatoms. The zero-order chi connectivity index (χ0) is 11.8. The molecule has 0 radical (unpaired) electrons. The molecule has 17 heavy (non-hydrogen) atoms. The second-order valence-corrected chi connectivity index (χ2v) is 4.41. The highest BCUT2D eigenvalue weighted by atomic mass is 15.3. The molecule has 4 nitrogen and oxygen atoms in total. The summed E-state index contributed by atoms with van der Waals surface area (Å²) < 4.78 is 2.17. The van der Waals surface area contributed by atoms with E-state index in [1.807, 2.05) is 6.92 Å². The molecular formula is C13H16N4. The van der Waals surface area contributed by atoms with E-state index in [1.54, 1.807) is 0 Å². The molecule has 0 unspecified atom stereocenters. The molecule has 88 valence electrons. The van der Waals surface area contributed by atoms with Crippen LogP contribution in [-0.4, -0.2) is 14.8 Å². The minimum absolute atomic E-state index is 0.258. The Kier molecular flexibility index (Phi) is 2.35. The lowest BCUT2D eigenvalue weighted by molar-refractivity contribution is 0.631. The summed E-state index contributed by atoms with van der Waals surface area (Å²) in [4.78, 5) is 0. The lowest BCUT2D eigenvalue weighted by Crippen LogP contribution is -2.14. The number of nitrogens with one attached hydrogen (secondary N) is 1. The lowest BCUT2D eigenvalue weighted by atomic mass is 10.1. The van der Waals surface area contributed by atoms with E-state index in [4.69, 9.17) is 0 Å². The van der Waals surface area contributed by atoms with Crippen LogP contribution in [0.3, 0.4) is 0 Å². The fraction of sp³-hybridized carbons (Fsp3) is 0.385. The molecule has 0 amide bonds. The molecule has 1 aliphatic heterocycles. The summed E-state index contributed by atoms with van der Waals surface area (Å²) in [7, 11) is 0. The van der Waals surface area contributed by atoms with Crippen LogP contribution in [0.1, 0.15) is 30.2 Å². The number of hydrogen-bond acceptors (Lipinski definition) is 3. The van der Waals surface area contributed by atoms with Gasteiger partial charge in [0.15, 0.2) is 5.82 Å². The zero-order valence-electron chi connectivity index (χ0n) is 10.1. The van der Waals surface area contributed by atoms with E-state index < -0.39 is 0 Å². The number of hydrogen-bond donors (Lipinski definition) is 1. The Bertz CT molecular complexity index is 519. The van der Waals surface area contributed by atoms with Gasteiger partial charge in [-0.05, 0) is 25.5 Å². The topological polar surface area (TPSA) is 42.7 Å². The number of fused-ring (bicyclic) bond motifs is 1. The molecule has 0 saturated carbocycles. The highest BCUT2D eigenvalue weighted by Gasteiger charge is 2.26. The lowest BCUT2D eigenvalue weighted by Gasteiger charge is -2.12. The van der Waals surface area contributed by atoms with Gasteiger partial charge in [-0.25, -0.2) is 0 Å². The van der Waals surface area contributed by atoms with Gasteiger partial charge in [0.1, 0.15) is 5.82 Å². The first-order chi connectivity index (χ1) is 8.29. The van der Waals surface area contributed by atoms with Crippen LogP contribution in [0.25, 0.3) is 0 Å². The maximum Gasteiger partial charge on any atom is 0.155 e. The summed E-state index contributed by atoms with van der Waals surface area (Å²) in [5, 5.41) is 12.0. The van der Waals surface area contributed by atoms with Crippen molar-refractivity contribution >= 4 is 5.69 Å². The predicted octanol–water partition coefficient (Wildman–Crippen LogP) is 2.32. The van der Waals surface area contributed by atoms with Crippen molar-refractivity contribution < 1.29 is 0 Å². The first-order valence-corrected chi connectivity index (χ1v) is 6.03. The van der Waals surface area contributed by atoms with Gasteiger partial charge in [-0.15, -0.1) is 10.2 Å². The third-order valence-corrected chi connectivity index (χ3v) is 3.36. The smallest absolute Gasteiger partial charge is 0.155 e. The fourth-order valence-corrected chi connectivity index (χ4v) is 2.50. The molecule has 0 bridgehead atoms. The van der Waals surface area contributed by atoms with E-state index in [0.717, 1.165) is 24.6 Å². The van der Waals surface area contributed by atoms with Crippen LogP contribution >= 0.6 is 0 Å². The first-order valence-electron chi connectivity index (χ1n) is 6.03. The fourth-order valence-electron chi connectivity index (χ4n) is 2.50. The van der Waals surface area contributed by atoms with E-state index in [1.165, 1.54) is 11.3 Å². The van der Waals surface area contributed by atoms with Crippen molar-refractivity contribution in [2.45, 2.75) is 32.9 Å². The summed E-state index contributed by atoms with van der Waals surface area (Å²) in [5.74, 6) is 2.03. The number of rotatable bonds is 2. The van der Waals surface area contributed by atoms with Crippen LogP contribution in [0.4, 0.5) is 5.69 Å². The highest BCUT2D eigenvalue weighted by Crippen LogP contribution is 2.33. The molecule has 1 N–H and O–H groups in total.